The first-order valence-electron chi connectivity index (χ1n) is 5.58. The van der Waals surface area contributed by atoms with E-state index in [0.717, 1.165) is 31.2 Å². The van der Waals surface area contributed by atoms with Gasteiger partial charge in [0, 0.05) is 26.8 Å². The summed E-state index contributed by atoms with van der Waals surface area (Å²) in [6, 6.07) is 0. The first-order chi connectivity index (χ1) is 7.07. The van der Waals surface area contributed by atoms with Gasteiger partial charge in [0.15, 0.2) is 5.11 Å². The molecule has 0 aromatic rings. The van der Waals surface area contributed by atoms with E-state index in [2.05, 4.69) is 31.4 Å². The van der Waals surface area contributed by atoms with E-state index in [0.29, 0.717) is 11.8 Å². The average Bonchev–Trinajstić information content (AvgIpc) is 2.20. The lowest BCUT2D eigenvalue weighted by atomic mass is 9.98. The quantitative estimate of drug-likeness (QED) is 0.518. The van der Waals surface area contributed by atoms with Crippen LogP contribution in [-0.4, -0.2) is 31.9 Å². The lowest BCUT2D eigenvalue weighted by Gasteiger charge is -2.17. The Morgan fingerprint density at radius 1 is 1.27 bits per heavy atom. The van der Waals surface area contributed by atoms with Crippen LogP contribution in [0.5, 0.6) is 0 Å². The molecule has 2 N–H and O–H groups in total. The first kappa shape index (κ1) is 14.6. The van der Waals surface area contributed by atoms with Crippen LogP contribution in [0.25, 0.3) is 0 Å². The predicted molar refractivity (Wildman–Crippen MR) is 69.1 cm³/mol. The second kappa shape index (κ2) is 8.92. The Bertz CT molecular complexity index is 174. The highest BCUT2D eigenvalue weighted by molar-refractivity contribution is 7.80. The van der Waals surface area contributed by atoms with E-state index in [1.165, 1.54) is 0 Å². The Morgan fingerprint density at radius 2 is 1.93 bits per heavy atom. The van der Waals surface area contributed by atoms with Crippen LogP contribution in [0.3, 0.4) is 0 Å². The van der Waals surface area contributed by atoms with Gasteiger partial charge in [-0.1, -0.05) is 20.8 Å². The van der Waals surface area contributed by atoms with Gasteiger partial charge in [-0.25, -0.2) is 0 Å². The Morgan fingerprint density at radius 3 is 2.47 bits per heavy atom. The topological polar surface area (TPSA) is 33.3 Å². The molecule has 0 rings (SSSR count). The fourth-order valence-corrected chi connectivity index (χ4v) is 1.16. The molecule has 0 aromatic carbocycles. The van der Waals surface area contributed by atoms with Crippen molar-refractivity contribution >= 4 is 17.3 Å². The monoisotopic (exact) mass is 232 g/mol. The SMILES string of the molecule is COCCCNC(=S)NCC(C)C(C)C. The van der Waals surface area contributed by atoms with E-state index >= 15 is 0 Å². The van der Waals surface area contributed by atoms with E-state index in [-0.39, 0.29) is 0 Å². The van der Waals surface area contributed by atoms with Crippen molar-refractivity contribution in [2.45, 2.75) is 27.2 Å². The highest BCUT2D eigenvalue weighted by Gasteiger charge is 2.06. The van der Waals surface area contributed by atoms with Crippen molar-refractivity contribution in [3.8, 4) is 0 Å². The summed E-state index contributed by atoms with van der Waals surface area (Å²) in [6.07, 6.45) is 0.984. The molecule has 1 atom stereocenters. The fourth-order valence-electron chi connectivity index (χ4n) is 0.970. The van der Waals surface area contributed by atoms with Crippen LogP contribution in [0.1, 0.15) is 27.2 Å². The Hall–Kier alpha value is -0.350. The molecule has 90 valence electrons. The molecule has 0 radical (unpaired) electrons. The van der Waals surface area contributed by atoms with Gasteiger partial charge in [-0.3, -0.25) is 0 Å². The van der Waals surface area contributed by atoms with Crippen LogP contribution in [-0.2, 0) is 4.74 Å². The molecule has 0 bridgehead atoms. The van der Waals surface area contributed by atoms with Gasteiger partial charge < -0.3 is 15.4 Å². The molecular weight excluding hydrogens is 208 g/mol. The fraction of sp³-hybridized carbons (Fsp3) is 0.909. The normalized spacial score (nSPS) is 12.6. The Kier molecular flexibility index (Phi) is 8.71. The van der Waals surface area contributed by atoms with Gasteiger partial charge >= 0.3 is 0 Å². The molecule has 0 fully saturated rings. The lowest BCUT2D eigenvalue weighted by molar-refractivity contribution is 0.195. The zero-order chi connectivity index (χ0) is 11.7. The minimum Gasteiger partial charge on any atom is -0.385 e. The van der Waals surface area contributed by atoms with Gasteiger partial charge in [0.1, 0.15) is 0 Å². The number of hydrogen-bond acceptors (Lipinski definition) is 2. The second-order valence-corrected chi connectivity index (χ2v) is 4.61. The van der Waals surface area contributed by atoms with Crippen molar-refractivity contribution in [2.24, 2.45) is 11.8 Å². The summed E-state index contributed by atoms with van der Waals surface area (Å²) in [5, 5.41) is 7.12. The number of nitrogens with one attached hydrogen (secondary N) is 2. The molecule has 0 aromatic heterocycles. The number of methoxy groups -OCH3 is 1. The number of thiocarbonyl (C=S) groups is 1. The smallest absolute Gasteiger partial charge is 0.166 e. The maximum absolute atomic E-state index is 5.15. The third kappa shape index (κ3) is 8.63. The van der Waals surface area contributed by atoms with Crippen molar-refractivity contribution in [3.05, 3.63) is 0 Å². The van der Waals surface area contributed by atoms with Crippen LogP contribution < -0.4 is 10.6 Å². The van der Waals surface area contributed by atoms with Crippen LogP contribution >= 0.6 is 12.2 Å². The molecule has 0 saturated heterocycles. The van der Waals surface area contributed by atoms with Crippen molar-refractivity contribution in [1.29, 1.82) is 0 Å². The van der Waals surface area contributed by atoms with E-state index in [1.54, 1.807) is 7.11 Å². The molecule has 3 nitrogen and oxygen atoms in total. The molecule has 15 heavy (non-hydrogen) atoms. The third-order valence-corrected chi connectivity index (χ3v) is 2.82. The Balaban J connectivity index is 3.41. The van der Waals surface area contributed by atoms with Gasteiger partial charge in [-0.2, -0.15) is 0 Å². The largest absolute Gasteiger partial charge is 0.385 e. The molecule has 4 heteroatoms. The molecular formula is C11H24N2OS. The first-order valence-corrected chi connectivity index (χ1v) is 5.99. The maximum atomic E-state index is 5.15. The minimum atomic E-state index is 0.642. The van der Waals surface area contributed by atoms with E-state index in [1.807, 2.05) is 0 Å². The summed E-state index contributed by atoms with van der Waals surface area (Å²) >= 11 is 5.15. The molecule has 0 saturated carbocycles. The van der Waals surface area contributed by atoms with Crippen molar-refractivity contribution in [1.82, 2.24) is 10.6 Å². The van der Waals surface area contributed by atoms with E-state index in [4.69, 9.17) is 17.0 Å². The summed E-state index contributed by atoms with van der Waals surface area (Å²) in [5.41, 5.74) is 0. The molecule has 0 aliphatic rings. The van der Waals surface area contributed by atoms with Crippen molar-refractivity contribution in [3.63, 3.8) is 0 Å². The van der Waals surface area contributed by atoms with Gasteiger partial charge in [0.05, 0.1) is 0 Å². The van der Waals surface area contributed by atoms with Crippen molar-refractivity contribution < 1.29 is 4.74 Å². The summed E-state index contributed by atoms with van der Waals surface area (Å²) < 4.78 is 4.95. The van der Waals surface area contributed by atoms with Gasteiger partial charge in [-0.15, -0.1) is 0 Å². The van der Waals surface area contributed by atoms with E-state index < -0.39 is 0 Å². The summed E-state index contributed by atoms with van der Waals surface area (Å²) in [4.78, 5) is 0. The molecule has 0 heterocycles. The van der Waals surface area contributed by atoms with E-state index in [9.17, 15) is 0 Å². The summed E-state index contributed by atoms with van der Waals surface area (Å²) in [6.45, 7) is 9.26. The molecule has 0 aliphatic heterocycles. The zero-order valence-corrected chi connectivity index (χ0v) is 11.1. The number of ether oxygens (including phenoxy) is 1. The minimum absolute atomic E-state index is 0.642. The number of rotatable bonds is 7. The molecule has 0 aliphatic carbocycles. The third-order valence-electron chi connectivity index (χ3n) is 2.53. The average molecular weight is 232 g/mol. The predicted octanol–water partition coefficient (Wildman–Crippen LogP) is 1.78. The van der Waals surface area contributed by atoms with Crippen LogP contribution in [0.4, 0.5) is 0 Å². The lowest BCUT2D eigenvalue weighted by Crippen LogP contribution is -2.39. The summed E-state index contributed by atoms with van der Waals surface area (Å²) in [7, 11) is 1.71. The zero-order valence-electron chi connectivity index (χ0n) is 10.3. The van der Waals surface area contributed by atoms with Crippen LogP contribution in [0.15, 0.2) is 0 Å². The highest BCUT2D eigenvalue weighted by Crippen LogP contribution is 2.07. The maximum Gasteiger partial charge on any atom is 0.166 e. The van der Waals surface area contributed by atoms with Gasteiger partial charge in [0.25, 0.3) is 0 Å². The molecule has 0 spiro atoms. The number of hydrogen-bond donors (Lipinski definition) is 2. The molecule has 0 amide bonds. The second-order valence-electron chi connectivity index (χ2n) is 4.20. The van der Waals surface area contributed by atoms with Crippen LogP contribution in [0, 0.1) is 11.8 Å². The highest BCUT2D eigenvalue weighted by atomic mass is 32.1. The van der Waals surface area contributed by atoms with Gasteiger partial charge in [0.2, 0.25) is 0 Å². The van der Waals surface area contributed by atoms with Crippen LogP contribution in [0.2, 0.25) is 0 Å². The summed E-state index contributed by atoms with van der Waals surface area (Å²) in [5.74, 6) is 1.33. The van der Waals surface area contributed by atoms with Gasteiger partial charge in [-0.05, 0) is 30.5 Å². The molecule has 1 unspecified atom stereocenters. The Labute approximate surface area is 99.0 Å². The van der Waals surface area contributed by atoms with Crippen molar-refractivity contribution in [2.75, 3.05) is 26.8 Å². The standard InChI is InChI=1S/C11H24N2OS/c1-9(2)10(3)8-13-11(15)12-6-5-7-14-4/h9-10H,5-8H2,1-4H3,(H2,12,13,15).